The standard InChI is InChI=1S/C30H27BrClN3O5/c1-5-17(3)39-28-24(38-6-2)14-18(26(31)27(28)32)16-33-35-29(34-21-11-8-7-10-19(21)30(35)36)25-15-20-22(37-4)12-9-13-23(20)40-25/h7-17H,5-6H2,1-4H3/t17-/m0/s1. The summed E-state index contributed by atoms with van der Waals surface area (Å²) in [6.45, 7) is 6.29. The summed E-state index contributed by atoms with van der Waals surface area (Å²) < 4.78 is 25.3. The molecule has 0 spiro atoms. The van der Waals surface area contributed by atoms with E-state index in [1.807, 2.05) is 45.0 Å². The van der Waals surface area contributed by atoms with Crippen molar-refractivity contribution in [2.75, 3.05) is 13.7 Å². The van der Waals surface area contributed by atoms with Crippen LogP contribution in [0.5, 0.6) is 17.2 Å². The molecule has 206 valence electrons. The van der Waals surface area contributed by atoms with Gasteiger partial charge in [-0.25, -0.2) is 4.98 Å². The zero-order chi connectivity index (χ0) is 28.4. The number of hydrogen-bond acceptors (Lipinski definition) is 7. The molecule has 0 N–H and O–H groups in total. The quantitative estimate of drug-likeness (QED) is 0.156. The minimum absolute atomic E-state index is 0.0598. The molecule has 0 amide bonds. The number of methoxy groups -OCH3 is 1. The Labute approximate surface area is 244 Å². The number of ether oxygens (including phenoxy) is 3. The molecule has 40 heavy (non-hydrogen) atoms. The van der Waals surface area contributed by atoms with Crippen LogP contribution in [0.25, 0.3) is 33.5 Å². The normalized spacial score (nSPS) is 12.3. The molecule has 3 aromatic carbocycles. The number of furan rings is 1. The molecule has 0 aliphatic heterocycles. The lowest BCUT2D eigenvalue weighted by Gasteiger charge is -2.19. The molecule has 1 atom stereocenters. The molecule has 2 aromatic heterocycles. The van der Waals surface area contributed by atoms with Crippen molar-refractivity contribution in [2.24, 2.45) is 5.10 Å². The van der Waals surface area contributed by atoms with Crippen LogP contribution in [0.1, 0.15) is 32.8 Å². The predicted octanol–water partition coefficient (Wildman–Crippen LogP) is 7.69. The van der Waals surface area contributed by atoms with Crippen molar-refractivity contribution in [3.05, 3.63) is 80.0 Å². The van der Waals surface area contributed by atoms with Crippen molar-refractivity contribution in [3.63, 3.8) is 0 Å². The van der Waals surface area contributed by atoms with Gasteiger partial charge >= 0.3 is 0 Å². The molecule has 0 aliphatic rings. The highest BCUT2D eigenvalue weighted by Gasteiger charge is 2.21. The Morgan fingerprint density at radius 2 is 1.93 bits per heavy atom. The molecule has 5 rings (SSSR count). The molecular weight excluding hydrogens is 598 g/mol. The van der Waals surface area contributed by atoms with Crippen molar-refractivity contribution < 1.29 is 18.6 Å². The number of rotatable bonds is 9. The molecular formula is C30H27BrClN3O5. The Bertz CT molecular complexity index is 1800. The molecule has 10 heteroatoms. The van der Waals surface area contributed by atoms with Gasteiger partial charge in [0.1, 0.15) is 16.4 Å². The fourth-order valence-electron chi connectivity index (χ4n) is 4.19. The lowest BCUT2D eigenvalue weighted by molar-refractivity contribution is 0.203. The van der Waals surface area contributed by atoms with Gasteiger partial charge in [0, 0.05) is 10.0 Å². The van der Waals surface area contributed by atoms with Crippen LogP contribution in [-0.2, 0) is 0 Å². The van der Waals surface area contributed by atoms with E-state index < -0.39 is 0 Å². The summed E-state index contributed by atoms with van der Waals surface area (Å²) in [5.74, 6) is 2.17. The minimum Gasteiger partial charge on any atom is -0.496 e. The number of para-hydroxylation sites is 1. The second kappa shape index (κ2) is 11.7. The predicted molar refractivity (Wildman–Crippen MR) is 161 cm³/mol. The monoisotopic (exact) mass is 623 g/mol. The van der Waals surface area contributed by atoms with E-state index >= 15 is 0 Å². The molecule has 0 radical (unpaired) electrons. The Balaban J connectivity index is 1.68. The van der Waals surface area contributed by atoms with Gasteiger partial charge < -0.3 is 18.6 Å². The molecule has 0 unspecified atom stereocenters. The Hall–Kier alpha value is -3.82. The van der Waals surface area contributed by atoms with Crippen LogP contribution in [0.2, 0.25) is 5.02 Å². The number of benzene rings is 3. The first-order chi connectivity index (χ1) is 19.4. The van der Waals surface area contributed by atoms with Gasteiger partial charge in [-0.05, 0) is 72.6 Å². The van der Waals surface area contributed by atoms with Gasteiger partial charge in [-0.2, -0.15) is 9.78 Å². The average Bonchev–Trinajstić information content (AvgIpc) is 3.41. The highest BCUT2D eigenvalue weighted by atomic mass is 79.9. The summed E-state index contributed by atoms with van der Waals surface area (Å²) in [5.41, 5.74) is 1.35. The Morgan fingerprint density at radius 1 is 1.12 bits per heavy atom. The molecule has 2 heterocycles. The first-order valence-corrected chi connectivity index (χ1v) is 14.0. The van der Waals surface area contributed by atoms with Crippen LogP contribution in [0.4, 0.5) is 0 Å². The zero-order valence-electron chi connectivity index (χ0n) is 22.4. The summed E-state index contributed by atoms with van der Waals surface area (Å²) >= 11 is 10.3. The van der Waals surface area contributed by atoms with E-state index in [1.165, 1.54) is 10.9 Å². The van der Waals surface area contributed by atoms with E-state index in [0.29, 0.717) is 61.2 Å². The smallest absolute Gasteiger partial charge is 0.282 e. The number of aromatic nitrogens is 2. The molecule has 5 aromatic rings. The van der Waals surface area contributed by atoms with Crippen LogP contribution >= 0.6 is 27.5 Å². The van der Waals surface area contributed by atoms with Crippen molar-refractivity contribution in [2.45, 2.75) is 33.3 Å². The molecule has 0 aliphatic carbocycles. The largest absolute Gasteiger partial charge is 0.496 e. The van der Waals surface area contributed by atoms with E-state index in [2.05, 4.69) is 21.0 Å². The number of nitrogens with zero attached hydrogens (tertiary/aromatic N) is 3. The molecule has 0 fully saturated rings. The first-order valence-electron chi connectivity index (χ1n) is 12.8. The third-order valence-corrected chi connectivity index (χ3v) is 7.82. The van der Waals surface area contributed by atoms with Crippen molar-refractivity contribution in [3.8, 4) is 28.8 Å². The van der Waals surface area contributed by atoms with E-state index in [4.69, 9.17) is 35.2 Å². The SMILES string of the molecule is CCOc1cc(C=Nn2c(-c3cc4c(OC)cccc4o3)nc3ccccc3c2=O)c(Br)c(Cl)c1O[C@@H](C)CC. The van der Waals surface area contributed by atoms with Crippen molar-refractivity contribution >= 4 is 55.6 Å². The Kier molecular flexibility index (Phi) is 8.14. The second-order valence-corrected chi connectivity index (χ2v) is 10.2. The topological polar surface area (TPSA) is 88.1 Å². The summed E-state index contributed by atoms with van der Waals surface area (Å²) in [6.07, 6.45) is 2.27. The van der Waals surface area contributed by atoms with Crippen LogP contribution in [-0.4, -0.2) is 35.7 Å². The second-order valence-electron chi connectivity index (χ2n) is 8.99. The molecule has 8 nitrogen and oxygen atoms in total. The molecule has 0 saturated heterocycles. The fraction of sp³-hybridized carbons (Fsp3) is 0.233. The summed E-state index contributed by atoms with van der Waals surface area (Å²) in [7, 11) is 1.59. The third kappa shape index (κ3) is 5.19. The maximum atomic E-state index is 13.7. The number of hydrogen-bond donors (Lipinski definition) is 0. The minimum atomic E-state index is -0.353. The van der Waals surface area contributed by atoms with Gasteiger partial charge in [0.15, 0.2) is 17.3 Å². The number of halogens is 2. The lowest BCUT2D eigenvalue weighted by Crippen LogP contribution is -2.20. The summed E-state index contributed by atoms with van der Waals surface area (Å²) in [5, 5.41) is 6.09. The number of fused-ring (bicyclic) bond motifs is 2. The van der Waals surface area contributed by atoms with Gasteiger partial charge in [0.2, 0.25) is 5.82 Å². The van der Waals surface area contributed by atoms with Gasteiger partial charge in [0.05, 0.1) is 42.3 Å². The summed E-state index contributed by atoms with van der Waals surface area (Å²) in [4.78, 5) is 18.4. The van der Waals surface area contributed by atoms with Gasteiger partial charge in [-0.15, -0.1) is 0 Å². The molecule has 0 saturated carbocycles. The van der Waals surface area contributed by atoms with Crippen LogP contribution in [0.3, 0.4) is 0 Å². The van der Waals surface area contributed by atoms with E-state index in [-0.39, 0.29) is 17.5 Å². The fourth-order valence-corrected chi connectivity index (χ4v) is 4.83. The zero-order valence-corrected chi connectivity index (χ0v) is 24.7. The van der Waals surface area contributed by atoms with Gasteiger partial charge in [0.25, 0.3) is 5.56 Å². The first kappa shape index (κ1) is 27.7. The summed E-state index contributed by atoms with van der Waals surface area (Å²) in [6, 6.07) is 16.2. The maximum absolute atomic E-state index is 13.7. The van der Waals surface area contributed by atoms with E-state index in [0.717, 1.165) is 11.8 Å². The van der Waals surface area contributed by atoms with Gasteiger partial charge in [-0.1, -0.05) is 36.7 Å². The van der Waals surface area contributed by atoms with Gasteiger partial charge in [-0.3, -0.25) is 4.79 Å². The van der Waals surface area contributed by atoms with Crippen molar-refractivity contribution in [1.29, 1.82) is 0 Å². The van der Waals surface area contributed by atoms with E-state index in [9.17, 15) is 4.79 Å². The highest BCUT2D eigenvalue weighted by molar-refractivity contribution is 9.10. The highest BCUT2D eigenvalue weighted by Crippen LogP contribution is 2.43. The third-order valence-electron chi connectivity index (χ3n) is 6.38. The Morgan fingerprint density at radius 3 is 2.67 bits per heavy atom. The van der Waals surface area contributed by atoms with Crippen molar-refractivity contribution in [1.82, 2.24) is 9.66 Å². The lowest BCUT2D eigenvalue weighted by atomic mass is 10.2. The van der Waals surface area contributed by atoms with Crippen LogP contribution < -0.4 is 19.8 Å². The van der Waals surface area contributed by atoms with Crippen LogP contribution in [0.15, 0.2) is 73.4 Å². The maximum Gasteiger partial charge on any atom is 0.282 e. The molecule has 0 bridgehead atoms. The van der Waals surface area contributed by atoms with Crippen LogP contribution in [0, 0.1) is 0 Å². The van der Waals surface area contributed by atoms with E-state index in [1.54, 1.807) is 37.4 Å². The average molecular weight is 625 g/mol.